The molecule has 0 saturated heterocycles. The Hall–Kier alpha value is -2.21. The molecular formula is C14H19N3O3. The van der Waals surface area contributed by atoms with E-state index in [0.717, 1.165) is 0 Å². The van der Waals surface area contributed by atoms with Crippen molar-refractivity contribution in [3.63, 3.8) is 0 Å². The van der Waals surface area contributed by atoms with E-state index in [4.69, 9.17) is 5.73 Å². The SMILES string of the molecule is C=CCN(Cc1cccc([N+](=O)[O-])c1)C(=O)CC(C)N. The van der Waals surface area contributed by atoms with E-state index in [1.54, 1.807) is 30.0 Å². The van der Waals surface area contributed by atoms with Gasteiger partial charge in [0.15, 0.2) is 0 Å². The molecule has 0 saturated carbocycles. The molecule has 1 atom stereocenters. The third-order valence-electron chi connectivity index (χ3n) is 2.69. The molecule has 0 aliphatic rings. The van der Waals surface area contributed by atoms with Crippen LogP contribution in [0.3, 0.4) is 0 Å². The van der Waals surface area contributed by atoms with Crippen LogP contribution in [-0.4, -0.2) is 28.3 Å². The van der Waals surface area contributed by atoms with Crippen molar-refractivity contribution in [1.29, 1.82) is 0 Å². The molecule has 0 fully saturated rings. The van der Waals surface area contributed by atoms with Crippen molar-refractivity contribution in [3.05, 3.63) is 52.6 Å². The molecule has 1 amide bonds. The first kappa shape index (κ1) is 15.8. The first-order chi connectivity index (χ1) is 9.43. The third kappa shape index (κ3) is 4.81. The van der Waals surface area contributed by atoms with Crippen molar-refractivity contribution in [2.45, 2.75) is 25.9 Å². The van der Waals surface area contributed by atoms with Gasteiger partial charge in [0, 0.05) is 37.7 Å². The molecule has 2 N–H and O–H groups in total. The van der Waals surface area contributed by atoms with Crippen LogP contribution in [0, 0.1) is 10.1 Å². The van der Waals surface area contributed by atoms with Crippen molar-refractivity contribution in [1.82, 2.24) is 4.90 Å². The number of benzene rings is 1. The number of hydrogen-bond donors (Lipinski definition) is 1. The molecule has 1 aromatic rings. The topological polar surface area (TPSA) is 89.5 Å². The summed E-state index contributed by atoms with van der Waals surface area (Å²) in [6.45, 7) is 6.07. The van der Waals surface area contributed by atoms with Crippen LogP contribution in [0.4, 0.5) is 5.69 Å². The fourth-order valence-electron chi connectivity index (χ4n) is 1.80. The molecule has 6 heteroatoms. The van der Waals surface area contributed by atoms with Gasteiger partial charge in [0.1, 0.15) is 0 Å². The van der Waals surface area contributed by atoms with E-state index in [1.165, 1.54) is 12.1 Å². The summed E-state index contributed by atoms with van der Waals surface area (Å²) in [6.07, 6.45) is 1.86. The van der Waals surface area contributed by atoms with E-state index in [0.29, 0.717) is 18.7 Å². The van der Waals surface area contributed by atoms with E-state index in [1.807, 2.05) is 0 Å². The molecule has 0 heterocycles. The summed E-state index contributed by atoms with van der Waals surface area (Å²) in [5.74, 6) is -0.0913. The first-order valence-corrected chi connectivity index (χ1v) is 6.31. The van der Waals surface area contributed by atoms with Gasteiger partial charge >= 0.3 is 0 Å². The van der Waals surface area contributed by atoms with Crippen LogP contribution in [0.1, 0.15) is 18.9 Å². The number of non-ortho nitro benzene ring substituents is 1. The van der Waals surface area contributed by atoms with Crippen molar-refractivity contribution in [3.8, 4) is 0 Å². The maximum absolute atomic E-state index is 12.0. The van der Waals surface area contributed by atoms with Gasteiger partial charge in [-0.1, -0.05) is 18.2 Å². The minimum atomic E-state index is -0.453. The summed E-state index contributed by atoms with van der Waals surface area (Å²) in [4.78, 5) is 23.9. The Kier molecular flexibility index (Phi) is 5.86. The standard InChI is InChI=1S/C14H19N3O3/c1-3-7-16(14(18)8-11(2)15)10-12-5-4-6-13(9-12)17(19)20/h3-6,9,11H,1,7-8,10,15H2,2H3. The monoisotopic (exact) mass is 277 g/mol. The zero-order valence-electron chi connectivity index (χ0n) is 11.5. The van der Waals surface area contributed by atoms with E-state index < -0.39 is 4.92 Å². The first-order valence-electron chi connectivity index (χ1n) is 6.31. The molecule has 6 nitrogen and oxygen atoms in total. The zero-order chi connectivity index (χ0) is 15.1. The van der Waals surface area contributed by atoms with Gasteiger partial charge in [-0.15, -0.1) is 6.58 Å². The molecule has 1 unspecified atom stereocenters. The van der Waals surface area contributed by atoms with Gasteiger partial charge in [-0.3, -0.25) is 14.9 Å². The highest BCUT2D eigenvalue weighted by atomic mass is 16.6. The number of carbonyl (C=O) groups excluding carboxylic acids is 1. The highest BCUT2D eigenvalue weighted by molar-refractivity contribution is 5.77. The lowest BCUT2D eigenvalue weighted by atomic mass is 10.1. The van der Waals surface area contributed by atoms with Crippen LogP contribution in [0.2, 0.25) is 0 Å². The quantitative estimate of drug-likeness (QED) is 0.468. The lowest BCUT2D eigenvalue weighted by molar-refractivity contribution is -0.384. The number of nitrogens with two attached hydrogens (primary N) is 1. The second-order valence-electron chi connectivity index (χ2n) is 4.67. The van der Waals surface area contributed by atoms with Gasteiger partial charge in [-0.2, -0.15) is 0 Å². The molecule has 1 aromatic carbocycles. The minimum absolute atomic E-state index is 0.0145. The van der Waals surface area contributed by atoms with Gasteiger partial charge in [0.05, 0.1) is 4.92 Å². The molecule has 0 aliphatic heterocycles. The highest BCUT2D eigenvalue weighted by Gasteiger charge is 2.15. The smallest absolute Gasteiger partial charge is 0.269 e. The van der Waals surface area contributed by atoms with Crippen LogP contribution in [0.5, 0.6) is 0 Å². The zero-order valence-corrected chi connectivity index (χ0v) is 11.5. The van der Waals surface area contributed by atoms with Crippen LogP contribution < -0.4 is 5.73 Å². The number of carbonyl (C=O) groups is 1. The summed E-state index contributed by atoms with van der Waals surface area (Å²) in [5.41, 5.74) is 6.34. The number of nitro benzene ring substituents is 1. The van der Waals surface area contributed by atoms with Crippen LogP contribution in [0.15, 0.2) is 36.9 Å². The van der Waals surface area contributed by atoms with Crippen molar-refractivity contribution >= 4 is 11.6 Å². The van der Waals surface area contributed by atoms with Crippen LogP contribution in [0.25, 0.3) is 0 Å². The van der Waals surface area contributed by atoms with Crippen molar-refractivity contribution in [2.75, 3.05) is 6.54 Å². The normalized spacial score (nSPS) is 11.7. The van der Waals surface area contributed by atoms with E-state index in [2.05, 4.69) is 6.58 Å². The molecule has 108 valence electrons. The Labute approximate surface area is 118 Å². The van der Waals surface area contributed by atoms with Gasteiger partial charge in [0.25, 0.3) is 5.69 Å². The van der Waals surface area contributed by atoms with Gasteiger partial charge in [-0.25, -0.2) is 0 Å². The van der Waals surface area contributed by atoms with E-state index in [9.17, 15) is 14.9 Å². The Bertz CT molecular complexity index is 500. The molecule has 0 spiro atoms. The fourth-order valence-corrected chi connectivity index (χ4v) is 1.80. The van der Waals surface area contributed by atoms with Crippen LogP contribution in [-0.2, 0) is 11.3 Å². The van der Waals surface area contributed by atoms with Gasteiger partial charge in [0.2, 0.25) is 5.91 Å². The van der Waals surface area contributed by atoms with E-state index in [-0.39, 0.29) is 24.1 Å². The Balaban J connectivity index is 2.84. The minimum Gasteiger partial charge on any atom is -0.335 e. The van der Waals surface area contributed by atoms with Crippen molar-refractivity contribution < 1.29 is 9.72 Å². The summed E-state index contributed by atoms with van der Waals surface area (Å²) < 4.78 is 0. The largest absolute Gasteiger partial charge is 0.335 e. The number of hydrogen-bond acceptors (Lipinski definition) is 4. The summed E-state index contributed by atoms with van der Waals surface area (Å²) >= 11 is 0. The van der Waals surface area contributed by atoms with Gasteiger partial charge in [-0.05, 0) is 12.5 Å². The van der Waals surface area contributed by atoms with E-state index >= 15 is 0 Å². The average molecular weight is 277 g/mol. The number of rotatable bonds is 7. The van der Waals surface area contributed by atoms with Crippen LogP contribution >= 0.6 is 0 Å². The summed E-state index contributed by atoms with van der Waals surface area (Å²) in [5, 5.41) is 10.7. The Morgan fingerprint density at radius 3 is 2.85 bits per heavy atom. The lowest BCUT2D eigenvalue weighted by Crippen LogP contribution is -2.34. The second kappa shape index (κ2) is 7.40. The fraction of sp³-hybridized carbons (Fsp3) is 0.357. The molecule has 1 rings (SSSR count). The maximum atomic E-state index is 12.0. The second-order valence-corrected chi connectivity index (χ2v) is 4.67. The molecule has 0 bridgehead atoms. The Morgan fingerprint density at radius 2 is 2.30 bits per heavy atom. The summed E-state index contributed by atoms with van der Waals surface area (Å²) in [6, 6.07) is 6.03. The Morgan fingerprint density at radius 1 is 1.60 bits per heavy atom. The molecular weight excluding hydrogens is 258 g/mol. The van der Waals surface area contributed by atoms with Gasteiger partial charge < -0.3 is 10.6 Å². The van der Waals surface area contributed by atoms with Crippen molar-refractivity contribution in [2.24, 2.45) is 5.73 Å². The number of nitro groups is 1. The number of amides is 1. The highest BCUT2D eigenvalue weighted by Crippen LogP contribution is 2.15. The molecule has 20 heavy (non-hydrogen) atoms. The molecule has 0 radical (unpaired) electrons. The molecule has 0 aliphatic carbocycles. The average Bonchev–Trinajstić information content (AvgIpc) is 2.37. The summed E-state index contributed by atoms with van der Waals surface area (Å²) in [7, 11) is 0. The lowest BCUT2D eigenvalue weighted by Gasteiger charge is -2.22. The molecule has 0 aromatic heterocycles. The predicted octanol–water partition coefficient (Wildman–Crippen LogP) is 1.85. The predicted molar refractivity (Wildman–Crippen MR) is 77.0 cm³/mol. The maximum Gasteiger partial charge on any atom is 0.269 e. The number of nitrogens with zero attached hydrogens (tertiary/aromatic N) is 2. The third-order valence-corrected chi connectivity index (χ3v) is 2.69.